The Bertz CT molecular complexity index is 616. The van der Waals surface area contributed by atoms with Crippen molar-refractivity contribution in [1.82, 2.24) is 0 Å². The average Bonchev–Trinajstić information content (AvgIpc) is 3.18. The predicted octanol–water partition coefficient (Wildman–Crippen LogP) is 3.17. The molecule has 2 nitrogen and oxygen atoms in total. The molecule has 1 fully saturated rings. The standard InChI is InChI=1S/C16H14N2/c17-11-13-3-1-2-4-15(13)12-5-7-14(8-6-12)16(18)9-10-16/h1-8H,9-10,18H2. The second-order valence-corrected chi connectivity index (χ2v) is 4.89. The number of benzene rings is 2. The fraction of sp³-hybridized carbons (Fsp3) is 0.188. The number of rotatable bonds is 2. The van der Waals surface area contributed by atoms with Crippen molar-refractivity contribution in [1.29, 1.82) is 5.26 Å². The highest BCUT2D eigenvalue weighted by Gasteiger charge is 2.39. The maximum Gasteiger partial charge on any atom is 0.0998 e. The van der Waals surface area contributed by atoms with Gasteiger partial charge in [-0.3, -0.25) is 0 Å². The summed E-state index contributed by atoms with van der Waals surface area (Å²) < 4.78 is 0. The summed E-state index contributed by atoms with van der Waals surface area (Å²) in [6, 6.07) is 18.1. The molecule has 0 amide bonds. The number of nitriles is 1. The van der Waals surface area contributed by atoms with E-state index in [1.165, 1.54) is 5.56 Å². The third-order valence-corrected chi connectivity index (χ3v) is 3.61. The van der Waals surface area contributed by atoms with Crippen LogP contribution in [0.4, 0.5) is 0 Å². The lowest BCUT2D eigenvalue weighted by Gasteiger charge is -2.10. The summed E-state index contributed by atoms with van der Waals surface area (Å²) >= 11 is 0. The van der Waals surface area contributed by atoms with Crippen LogP contribution in [0.25, 0.3) is 11.1 Å². The van der Waals surface area contributed by atoms with Crippen molar-refractivity contribution in [3.8, 4) is 17.2 Å². The first-order valence-electron chi connectivity index (χ1n) is 6.12. The smallest absolute Gasteiger partial charge is 0.0998 e. The van der Waals surface area contributed by atoms with Crippen LogP contribution in [0, 0.1) is 11.3 Å². The maximum atomic E-state index is 9.10. The predicted molar refractivity (Wildman–Crippen MR) is 71.7 cm³/mol. The summed E-state index contributed by atoms with van der Waals surface area (Å²) in [5, 5.41) is 9.10. The normalized spacial score (nSPS) is 16.0. The molecule has 0 spiro atoms. The Morgan fingerprint density at radius 3 is 2.28 bits per heavy atom. The van der Waals surface area contributed by atoms with E-state index in [1.54, 1.807) is 0 Å². The van der Waals surface area contributed by atoms with Gasteiger partial charge in [-0.1, -0.05) is 42.5 Å². The lowest BCUT2D eigenvalue weighted by atomic mass is 9.97. The molecule has 0 heterocycles. The fourth-order valence-corrected chi connectivity index (χ4v) is 2.24. The Balaban J connectivity index is 2.00. The van der Waals surface area contributed by atoms with Gasteiger partial charge < -0.3 is 5.73 Å². The summed E-state index contributed by atoms with van der Waals surface area (Å²) in [4.78, 5) is 0. The Labute approximate surface area is 107 Å². The first-order chi connectivity index (χ1) is 8.73. The Kier molecular flexibility index (Phi) is 2.43. The van der Waals surface area contributed by atoms with Gasteiger partial charge >= 0.3 is 0 Å². The van der Waals surface area contributed by atoms with Crippen LogP contribution in [0.2, 0.25) is 0 Å². The first-order valence-corrected chi connectivity index (χ1v) is 6.12. The average molecular weight is 234 g/mol. The van der Waals surface area contributed by atoms with Gasteiger partial charge in [0.15, 0.2) is 0 Å². The number of hydrogen-bond acceptors (Lipinski definition) is 2. The highest BCUT2D eigenvalue weighted by Crippen LogP contribution is 2.43. The zero-order valence-electron chi connectivity index (χ0n) is 10.1. The van der Waals surface area contributed by atoms with Gasteiger partial charge in [0.1, 0.15) is 0 Å². The zero-order valence-corrected chi connectivity index (χ0v) is 10.1. The van der Waals surface area contributed by atoms with Crippen LogP contribution in [-0.2, 0) is 5.54 Å². The Morgan fingerprint density at radius 1 is 1.00 bits per heavy atom. The molecule has 2 heteroatoms. The van der Waals surface area contributed by atoms with E-state index in [2.05, 4.69) is 30.3 Å². The molecule has 2 N–H and O–H groups in total. The number of hydrogen-bond donors (Lipinski definition) is 1. The summed E-state index contributed by atoms with van der Waals surface area (Å²) in [7, 11) is 0. The molecule has 0 aromatic heterocycles. The Morgan fingerprint density at radius 2 is 1.67 bits per heavy atom. The molecule has 2 aromatic rings. The lowest BCUT2D eigenvalue weighted by Crippen LogP contribution is -2.18. The Hall–Kier alpha value is -2.11. The van der Waals surface area contributed by atoms with Gasteiger partial charge in [0.2, 0.25) is 0 Å². The van der Waals surface area contributed by atoms with Crippen LogP contribution in [0.15, 0.2) is 48.5 Å². The summed E-state index contributed by atoms with van der Waals surface area (Å²) in [6.45, 7) is 0. The largest absolute Gasteiger partial charge is 0.321 e. The van der Waals surface area contributed by atoms with E-state index in [-0.39, 0.29) is 5.54 Å². The third-order valence-electron chi connectivity index (χ3n) is 3.61. The van der Waals surface area contributed by atoms with Gasteiger partial charge in [-0.25, -0.2) is 0 Å². The molecule has 1 saturated carbocycles. The van der Waals surface area contributed by atoms with E-state index in [1.807, 2.05) is 24.3 Å². The van der Waals surface area contributed by atoms with Gasteiger partial charge in [-0.2, -0.15) is 5.26 Å². The van der Waals surface area contributed by atoms with Crippen molar-refractivity contribution in [2.45, 2.75) is 18.4 Å². The van der Waals surface area contributed by atoms with Crippen LogP contribution in [0.5, 0.6) is 0 Å². The molecule has 0 unspecified atom stereocenters. The van der Waals surface area contributed by atoms with E-state index in [4.69, 9.17) is 11.0 Å². The minimum atomic E-state index is -0.0900. The van der Waals surface area contributed by atoms with Crippen LogP contribution in [-0.4, -0.2) is 0 Å². The molecule has 18 heavy (non-hydrogen) atoms. The van der Waals surface area contributed by atoms with Gasteiger partial charge in [-0.05, 0) is 35.6 Å². The summed E-state index contributed by atoms with van der Waals surface area (Å²) in [6.07, 6.45) is 2.14. The first kappa shape index (κ1) is 11.0. The van der Waals surface area contributed by atoms with E-state index < -0.39 is 0 Å². The molecule has 0 aliphatic heterocycles. The molecule has 0 bridgehead atoms. The van der Waals surface area contributed by atoms with Crippen molar-refractivity contribution in [2.75, 3.05) is 0 Å². The molecule has 3 rings (SSSR count). The van der Waals surface area contributed by atoms with Crippen molar-refractivity contribution < 1.29 is 0 Å². The second-order valence-electron chi connectivity index (χ2n) is 4.89. The van der Waals surface area contributed by atoms with E-state index in [9.17, 15) is 0 Å². The molecule has 0 atom stereocenters. The fourth-order valence-electron chi connectivity index (χ4n) is 2.24. The van der Waals surface area contributed by atoms with Gasteiger partial charge in [0, 0.05) is 5.54 Å². The van der Waals surface area contributed by atoms with Crippen LogP contribution >= 0.6 is 0 Å². The molecule has 2 aromatic carbocycles. The SMILES string of the molecule is N#Cc1ccccc1-c1ccc(C2(N)CC2)cc1. The molecule has 88 valence electrons. The van der Waals surface area contributed by atoms with E-state index >= 15 is 0 Å². The minimum Gasteiger partial charge on any atom is -0.321 e. The van der Waals surface area contributed by atoms with Crippen LogP contribution in [0.1, 0.15) is 24.0 Å². The number of nitrogens with two attached hydrogens (primary N) is 1. The summed E-state index contributed by atoms with van der Waals surface area (Å²) in [5.74, 6) is 0. The molecule has 1 aliphatic rings. The van der Waals surface area contributed by atoms with Crippen molar-refractivity contribution >= 4 is 0 Å². The highest BCUT2D eigenvalue weighted by atomic mass is 14.8. The quantitative estimate of drug-likeness (QED) is 0.867. The minimum absolute atomic E-state index is 0.0900. The monoisotopic (exact) mass is 234 g/mol. The van der Waals surface area contributed by atoms with Crippen LogP contribution < -0.4 is 5.73 Å². The molecule has 1 aliphatic carbocycles. The van der Waals surface area contributed by atoms with Crippen molar-refractivity contribution in [3.63, 3.8) is 0 Å². The molecule has 0 radical (unpaired) electrons. The van der Waals surface area contributed by atoms with Crippen molar-refractivity contribution in [2.24, 2.45) is 5.73 Å². The van der Waals surface area contributed by atoms with E-state index in [0.29, 0.717) is 5.56 Å². The topological polar surface area (TPSA) is 49.8 Å². The van der Waals surface area contributed by atoms with Gasteiger partial charge in [0.05, 0.1) is 11.6 Å². The maximum absolute atomic E-state index is 9.10. The van der Waals surface area contributed by atoms with E-state index in [0.717, 1.165) is 24.0 Å². The zero-order chi connectivity index (χ0) is 12.6. The highest BCUT2D eigenvalue weighted by molar-refractivity contribution is 5.70. The third kappa shape index (κ3) is 1.79. The van der Waals surface area contributed by atoms with Crippen LogP contribution in [0.3, 0.4) is 0 Å². The number of nitrogens with zero attached hydrogens (tertiary/aromatic N) is 1. The molecule has 0 saturated heterocycles. The lowest BCUT2D eigenvalue weighted by molar-refractivity contribution is 0.740. The molecular formula is C16H14N2. The second kappa shape index (κ2) is 3.97. The summed E-state index contributed by atoms with van der Waals surface area (Å²) in [5.41, 5.74) is 10.0. The van der Waals surface area contributed by atoms with Crippen molar-refractivity contribution in [3.05, 3.63) is 59.7 Å². The van der Waals surface area contributed by atoms with Gasteiger partial charge in [0.25, 0.3) is 0 Å². The molecular weight excluding hydrogens is 220 g/mol. The van der Waals surface area contributed by atoms with Gasteiger partial charge in [-0.15, -0.1) is 0 Å².